The van der Waals surface area contributed by atoms with Crippen LogP contribution < -0.4 is 0 Å². The zero-order valence-corrected chi connectivity index (χ0v) is 12.4. The molecular formula is C13H17F3O3Si. The summed E-state index contributed by atoms with van der Waals surface area (Å²) in [5.41, 5.74) is -0.0733. The molecular weight excluding hydrogens is 289 g/mol. The standard InChI is InChI=1S/C13H17F3O3Si/c1-3-17-12(18-4-2)19-20-9-10-6-5-7-11(8-10)13(14,15)16/h5-8,12H,3-4,9H2,1-2H3. The Balaban J connectivity index is 2.49. The second-order valence-corrected chi connectivity index (χ2v) is 4.71. The fourth-order valence-corrected chi connectivity index (χ4v) is 2.18. The minimum Gasteiger partial charge on any atom is -0.372 e. The van der Waals surface area contributed by atoms with Gasteiger partial charge in [-0.1, -0.05) is 18.2 Å². The molecule has 1 rings (SSSR count). The number of hydrogen-bond acceptors (Lipinski definition) is 3. The topological polar surface area (TPSA) is 27.7 Å². The van der Waals surface area contributed by atoms with Gasteiger partial charge in [0.1, 0.15) is 0 Å². The minimum atomic E-state index is -4.32. The fourth-order valence-electron chi connectivity index (χ4n) is 1.44. The summed E-state index contributed by atoms with van der Waals surface area (Å²) in [7, 11) is -0.0279. The molecule has 0 aromatic heterocycles. The molecule has 0 aliphatic rings. The minimum absolute atomic E-state index is 0.0279. The van der Waals surface area contributed by atoms with Crippen LogP contribution in [0.5, 0.6) is 0 Å². The maximum Gasteiger partial charge on any atom is 0.416 e. The van der Waals surface area contributed by atoms with Crippen molar-refractivity contribution in [2.24, 2.45) is 0 Å². The molecule has 1 aromatic rings. The van der Waals surface area contributed by atoms with Gasteiger partial charge in [0.2, 0.25) is 9.76 Å². The summed E-state index contributed by atoms with van der Waals surface area (Å²) in [6, 6.07) is 5.61. The van der Waals surface area contributed by atoms with Crippen LogP contribution in [0.15, 0.2) is 24.3 Å². The lowest BCUT2D eigenvalue weighted by Crippen LogP contribution is -2.24. The van der Waals surface area contributed by atoms with Gasteiger partial charge in [-0.25, -0.2) is 0 Å². The Labute approximate surface area is 119 Å². The van der Waals surface area contributed by atoms with Crippen LogP contribution in [0.2, 0.25) is 0 Å². The Morgan fingerprint density at radius 2 is 1.80 bits per heavy atom. The van der Waals surface area contributed by atoms with E-state index in [0.29, 0.717) is 24.8 Å². The van der Waals surface area contributed by atoms with Crippen molar-refractivity contribution >= 4 is 9.76 Å². The third-order valence-corrected chi connectivity index (χ3v) is 3.23. The quantitative estimate of drug-likeness (QED) is 0.545. The lowest BCUT2D eigenvalue weighted by Gasteiger charge is -2.17. The molecule has 0 aliphatic heterocycles. The van der Waals surface area contributed by atoms with Gasteiger partial charge in [-0.05, 0) is 31.5 Å². The Morgan fingerprint density at radius 1 is 1.15 bits per heavy atom. The molecule has 0 aliphatic carbocycles. The molecule has 1 aromatic carbocycles. The highest BCUT2D eigenvalue weighted by Gasteiger charge is 2.30. The van der Waals surface area contributed by atoms with Crippen LogP contribution >= 0.6 is 0 Å². The number of ether oxygens (including phenoxy) is 2. The van der Waals surface area contributed by atoms with Gasteiger partial charge in [0.15, 0.2) is 0 Å². The molecule has 0 fully saturated rings. The van der Waals surface area contributed by atoms with Crippen molar-refractivity contribution in [1.29, 1.82) is 0 Å². The monoisotopic (exact) mass is 306 g/mol. The lowest BCUT2D eigenvalue weighted by atomic mass is 10.1. The van der Waals surface area contributed by atoms with E-state index in [0.717, 1.165) is 12.1 Å². The summed E-state index contributed by atoms with van der Waals surface area (Å²) in [6.45, 7) is 3.75. The normalized spacial score (nSPS) is 12.1. The SMILES string of the molecule is CCOC(OCC)O[Si]Cc1cccc(C(F)(F)F)c1. The van der Waals surface area contributed by atoms with Crippen LogP contribution in [-0.2, 0) is 26.1 Å². The van der Waals surface area contributed by atoms with Gasteiger partial charge in [0, 0.05) is 13.2 Å². The third-order valence-electron chi connectivity index (χ3n) is 2.32. The van der Waals surface area contributed by atoms with E-state index in [1.165, 1.54) is 6.07 Å². The summed E-state index contributed by atoms with van der Waals surface area (Å²) in [5.74, 6) is 0. The number of halogens is 3. The van der Waals surface area contributed by atoms with E-state index >= 15 is 0 Å². The Morgan fingerprint density at radius 3 is 2.35 bits per heavy atom. The van der Waals surface area contributed by atoms with Gasteiger partial charge in [0.05, 0.1) is 5.56 Å². The first kappa shape index (κ1) is 17.2. The molecule has 0 spiro atoms. The van der Waals surface area contributed by atoms with Crippen LogP contribution in [0.4, 0.5) is 13.2 Å². The van der Waals surface area contributed by atoms with Crippen LogP contribution in [0.25, 0.3) is 0 Å². The van der Waals surface area contributed by atoms with Crippen molar-refractivity contribution in [2.45, 2.75) is 32.5 Å². The van der Waals surface area contributed by atoms with Crippen molar-refractivity contribution in [3.8, 4) is 0 Å². The highest BCUT2D eigenvalue weighted by atomic mass is 28.2. The first-order valence-electron chi connectivity index (χ1n) is 6.25. The molecule has 7 heteroatoms. The smallest absolute Gasteiger partial charge is 0.372 e. The fraction of sp³-hybridized carbons (Fsp3) is 0.538. The van der Waals surface area contributed by atoms with E-state index < -0.39 is 18.2 Å². The van der Waals surface area contributed by atoms with E-state index in [4.69, 9.17) is 13.9 Å². The number of benzene rings is 1. The largest absolute Gasteiger partial charge is 0.416 e. The molecule has 0 saturated carbocycles. The predicted molar refractivity (Wildman–Crippen MR) is 69.0 cm³/mol. The molecule has 0 amide bonds. The third kappa shape index (κ3) is 6.04. The second kappa shape index (κ2) is 8.41. The molecule has 0 N–H and O–H groups in total. The maximum atomic E-state index is 12.6. The molecule has 0 unspecified atom stereocenters. The van der Waals surface area contributed by atoms with Crippen molar-refractivity contribution in [1.82, 2.24) is 0 Å². The lowest BCUT2D eigenvalue weighted by molar-refractivity contribution is -0.243. The zero-order valence-electron chi connectivity index (χ0n) is 11.4. The van der Waals surface area contributed by atoms with E-state index in [1.54, 1.807) is 6.07 Å². The molecule has 2 radical (unpaired) electrons. The van der Waals surface area contributed by atoms with E-state index in [2.05, 4.69) is 0 Å². The van der Waals surface area contributed by atoms with E-state index in [9.17, 15) is 13.2 Å². The first-order chi connectivity index (χ1) is 9.47. The van der Waals surface area contributed by atoms with E-state index in [1.807, 2.05) is 13.8 Å². The van der Waals surface area contributed by atoms with Crippen LogP contribution in [0, 0.1) is 0 Å². The van der Waals surface area contributed by atoms with Crippen LogP contribution in [0.1, 0.15) is 25.0 Å². The average Bonchev–Trinajstić information content (AvgIpc) is 2.38. The summed E-state index contributed by atoms with van der Waals surface area (Å²) in [6.07, 6.45) is -4.32. The predicted octanol–water partition coefficient (Wildman–Crippen LogP) is 3.20. The van der Waals surface area contributed by atoms with Gasteiger partial charge in [0.25, 0.3) is 6.48 Å². The molecule has 0 atom stereocenters. The average molecular weight is 306 g/mol. The molecule has 0 bridgehead atoms. The van der Waals surface area contributed by atoms with Crippen LogP contribution in [-0.4, -0.2) is 29.5 Å². The van der Waals surface area contributed by atoms with Crippen LogP contribution in [0.3, 0.4) is 0 Å². The van der Waals surface area contributed by atoms with E-state index in [-0.39, 0.29) is 9.76 Å². The van der Waals surface area contributed by atoms with Crippen molar-refractivity contribution in [3.63, 3.8) is 0 Å². The summed E-state index contributed by atoms with van der Waals surface area (Å²) < 4.78 is 53.4. The summed E-state index contributed by atoms with van der Waals surface area (Å²) >= 11 is 0. The number of alkyl halides is 3. The van der Waals surface area contributed by atoms with Gasteiger partial charge in [-0.15, -0.1) is 0 Å². The highest BCUT2D eigenvalue weighted by molar-refractivity contribution is 6.26. The number of hydrogen-bond donors (Lipinski definition) is 0. The van der Waals surface area contributed by atoms with Gasteiger partial charge >= 0.3 is 6.18 Å². The Hall–Kier alpha value is -0.893. The number of rotatable bonds is 8. The van der Waals surface area contributed by atoms with Gasteiger partial charge < -0.3 is 13.9 Å². The zero-order chi connectivity index (χ0) is 15.0. The van der Waals surface area contributed by atoms with Crippen molar-refractivity contribution in [2.75, 3.05) is 13.2 Å². The second-order valence-electron chi connectivity index (χ2n) is 3.84. The van der Waals surface area contributed by atoms with Gasteiger partial charge in [-0.3, -0.25) is 0 Å². The Bertz CT molecular complexity index is 393. The Kier molecular flexibility index (Phi) is 7.21. The summed E-state index contributed by atoms with van der Waals surface area (Å²) in [5, 5.41) is 0. The molecule has 3 nitrogen and oxygen atoms in total. The van der Waals surface area contributed by atoms with Gasteiger partial charge in [-0.2, -0.15) is 13.2 Å². The molecule has 112 valence electrons. The highest BCUT2D eigenvalue weighted by Crippen LogP contribution is 2.29. The first-order valence-corrected chi connectivity index (χ1v) is 7.36. The molecule has 20 heavy (non-hydrogen) atoms. The van der Waals surface area contributed by atoms with Crippen molar-refractivity contribution < 1.29 is 27.1 Å². The molecule has 0 heterocycles. The maximum absolute atomic E-state index is 12.6. The summed E-state index contributed by atoms with van der Waals surface area (Å²) in [4.78, 5) is 0. The van der Waals surface area contributed by atoms with Crippen molar-refractivity contribution in [3.05, 3.63) is 35.4 Å². The molecule has 0 saturated heterocycles.